The van der Waals surface area contributed by atoms with Gasteiger partial charge in [0.2, 0.25) is 5.91 Å². The van der Waals surface area contributed by atoms with Gasteiger partial charge in [-0.05, 0) is 32.1 Å². The summed E-state index contributed by atoms with van der Waals surface area (Å²) in [6.07, 6.45) is 5.11. The third-order valence-electron chi connectivity index (χ3n) is 3.72. The molecule has 2 rings (SSSR count). The smallest absolute Gasteiger partial charge is 0.320 e. The normalized spacial score (nSPS) is 25.8. The molecule has 96 valence electrons. The number of hydrogen-bond acceptors (Lipinski definition) is 2. The fourth-order valence-corrected chi connectivity index (χ4v) is 2.67. The maximum atomic E-state index is 12.2. The van der Waals surface area contributed by atoms with Crippen molar-refractivity contribution in [3.8, 4) is 0 Å². The minimum atomic E-state index is -0.277. The maximum absolute atomic E-state index is 12.2. The Bertz CT molecular complexity index is 300. The summed E-state index contributed by atoms with van der Waals surface area (Å²) in [6, 6.07) is 0.0932. The Morgan fingerprint density at radius 1 is 0.941 bits per heavy atom. The van der Waals surface area contributed by atoms with E-state index in [-0.39, 0.29) is 17.9 Å². The van der Waals surface area contributed by atoms with Gasteiger partial charge in [0.1, 0.15) is 0 Å². The van der Waals surface area contributed by atoms with Crippen LogP contribution >= 0.6 is 0 Å². The minimum Gasteiger partial charge on any atom is -0.369 e. The van der Waals surface area contributed by atoms with Crippen molar-refractivity contribution in [3.63, 3.8) is 0 Å². The highest BCUT2D eigenvalue weighted by Crippen LogP contribution is 2.19. The molecule has 2 aliphatic rings. The number of nitrogens with zero attached hydrogens (tertiary/aromatic N) is 2. The first-order valence-electron chi connectivity index (χ1n) is 6.51. The van der Waals surface area contributed by atoms with Crippen molar-refractivity contribution in [1.82, 2.24) is 9.80 Å². The SMILES string of the molecule is NC(=O)C1CCCN(C(=O)N2CCCCC2)C1. The first kappa shape index (κ1) is 12.2. The van der Waals surface area contributed by atoms with Crippen molar-refractivity contribution in [3.05, 3.63) is 0 Å². The molecule has 2 fully saturated rings. The number of urea groups is 1. The Morgan fingerprint density at radius 2 is 1.59 bits per heavy atom. The second-order valence-corrected chi connectivity index (χ2v) is 5.02. The van der Waals surface area contributed by atoms with Gasteiger partial charge in [-0.1, -0.05) is 0 Å². The number of carbonyl (C=O) groups is 2. The fraction of sp³-hybridized carbons (Fsp3) is 0.833. The standard InChI is InChI=1S/C12H21N3O2/c13-11(16)10-5-4-8-15(9-10)12(17)14-6-2-1-3-7-14/h10H,1-9H2,(H2,13,16). The molecule has 1 unspecified atom stereocenters. The Balaban J connectivity index is 1.91. The van der Waals surface area contributed by atoms with Crippen molar-refractivity contribution < 1.29 is 9.59 Å². The van der Waals surface area contributed by atoms with Crippen LogP contribution in [0.2, 0.25) is 0 Å². The van der Waals surface area contributed by atoms with E-state index in [2.05, 4.69) is 0 Å². The monoisotopic (exact) mass is 239 g/mol. The summed E-state index contributed by atoms with van der Waals surface area (Å²) in [6.45, 7) is 2.98. The number of primary amides is 1. The summed E-state index contributed by atoms with van der Waals surface area (Å²) in [4.78, 5) is 27.1. The number of hydrogen-bond donors (Lipinski definition) is 1. The second-order valence-electron chi connectivity index (χ2n) is 5.02. The molecule has 5 nitrogen and oxygen atoms in total. The van der Waals surface area contributed by atoms with Crippen LogP contribution in [0.1, 0.15) is 32.1 Å². The van der Waals surface area contributed by atoms with Gasteiger partial charge in [0, 0.05) is 26.2 Å². The van der Waals surface area contributed by atoms with Crippen molar-refractivity contribution in [2.75, 3.05) is 26.2 Å². The molecule has 3 amide bonds. The molecular formula is C12H21N3O2. The summed E-state index contributed by atoms with van der Waals surface area (Å²) < 4.78 is 0. The van der Waals surface area contributed by atoms with E-state index in [9.17, 15) is 9.59 Å². The Hall–Kier alpha value is -1.26. The van der Waals surface area contributed by atoms with Crippen molar-refractivity contribution in [1.29, 1.82) is 0 Å². The Morgan fingerprint density at radius 3 is 2.24 bits per heavy atom. The van der Waals surface area contributed by atoms with Gasteiger partial charge in [0.15, 0.2) is 0 Å². The molecule has 0 bridgehead atoms. The second kappa shape index (κ2) is 5.38. The number of amides is 3. The van der Waals surface area contributed by atoms with Gasteiger partial charge in [0.25, 0.3) is 0 Å². The minimum absolute atomic E-state index is 0.0932. The Labute approximate surface area is 102 Å². The maximum Gasteiger partial charge on any atom is 0.320 e. The third kappa shape index (κ3) is 2.90. The van der Waals surface area contributed by atoms with Crippen molar-refractivity contribution in [2.45, 2.75) is 32.1 Å². The molecule has 0 aromatic carbocycles. The lowest BCUT2D eigenvalue weighted by Crippen LogP contribution is -2.50. The summed E-state index contributed by atoms with van der Waals surface area (Å²) in [5, 5.41) is 0. The van der Waals surface area contributed by atoms with E-state index in [0.29, 0.717) is 6.54 Å². The lowest BCUT2D eigenvalue weighted by Gasteiger charge is -2.36. The molecular weight excluding hydrogens is 218 g/mol. The van der Waals surface area contributed by atoms with Crippen LogP contribution in [-0.4, -0.2) is 47.9 Å². The number of carbonyl (C=O) groups excluding carboxylic acids is 2. The number of nitrogens with two attached hydrogens (primary N) is 1. The van der Waals surface area contributed by atoms with E-state index >= 15 is 0 Å². The van der Waals surface area contributed by atoms with Crippen LogP contribution < -0.4 is 5.73 Å². The molecule has 0 spiro atoms. The highest BCUT2D eigenvalue weighted by atomic mass is 16.2. The van der Waals surface area contributed by atoms with Crippen LogP contribution in [0.4, 0.5) is 4.79 Å². The van der Waals surface area contributed by atoms with Crippen molar-refractivity contribution in [2.24, 2.45) is 11.7 Å². The van der Waals surface area contributed by atoms with E-state index < -0.39 is 0 Å². The quantitative estimate of drug-likeness (QED) is 0.735. The molecule has 2 saturated heterocycles. The van der Waals surface area contributed by atoms with E-state index in [1.54, 1.807) is 4.90 Å². The molecule has 0 aliphatic carbocycles. The topological polar surface area (TPSA) is 66.6 Å². The zero-order chi connectivity index (χ0) is 12.3. The molecule has 0 radical (unpaired) electrons. The molecule has 0 aromatic rings. The predicted octanol–water partition coefficient (Wildman–Crippen LogP) is 0.790. The zero-order valence-corrected chi connectivity index (χ0v) is 10.2. The van der Waals surface area contributed by atoms with Crippen LogP contribution in [0.25, 0.3) is 0 Å². The van der Waals surface area contributed by atoms with Gasteiger partial charge < -0.3 is 15.5 Å². The molecule has 2 aliphatic heterocycles. The van der Waals surface area contributed by atoms with Crippen LogP contribution in [0.15, 0.2) is 0 Å². The lowest BCUT2D eigenvalue weighted by atomic mass is 9.98. The van der Waals surface area contributed by atoms with E-state index in [0.717, 1.165) is 45.3 Å². The van der Waals surface area contributed by atoms with E-state index in [1.807, 2.05) is 4.90 Å². The van der Waals surface area contributed by atoms with Crippen LogP contribution in [-0.2, 0) is 4.79 Å². The Kier molecular flexibility index (Phi) is 3.86. The first-order valence-corrected chi connectivity index (χ1v) is 6.51. The number of piperidine rings is 2. The number of likely N-dealkylation sites (tertiary alicyclic amines) is 2. The summed E-state index contributed by atoms with van der Waals surface area (Å²) in [7, 11) is 0. The molecule has 1 atom stereocenters. The summed E-state index contributed by atoms with van der Waals surface area (Å²) in [5.41, 5.74) is 5.32. The highest BCUT2D eigenvalue weighted by Gasteiger charge is 2.29. The largest absolute Gasteiger partial charge is 0.369 e. The van der Waals surface area contributed by atoms with E-state index in [1.165, 1.54) is 6.42 Å². The van der Waals surface area contributed by atoms with Gasteiger partial charge in [-0.3, -0.25) is 4.79 Å². The molecule has 0 aromatic heterocycles. The summed E-state index contributed by atoms with van der Waals surface area (Å²) >= 11 is 0. The van der Waals surface area contributed by atoms with Gasteiger partial charge in [-0.2, -0.15) is 0 Å². The van der Waals surface area contributed by atoms with Gasteiger partial charge in [-0.25, -0.2) is 4.79 Å². The molecule has 17 heavy (non-hydrogen) atoms. The van der Waals surface area contributed by atoms with Gasteiger partial charge >= 0.3 is 6.03 Å². The highest BCUT2D eigenvalue weighted by molar-refractivity contribution is 5.79. The lowest BCUT2D eigenvalue weighted by molar-refractivity contribution is -0.123. The molecule has 2 N–H and O–H groups in total. The fourth-order valence-electron chi connectivity index (χ4n) is 2.67. The average molecular weight is 239 g/mol. The van der Waals surface area contributed by atoms with Gasteiger partial charge in [0.05, 0.1) is 5.92 Å². The molecule has 5 heteroatoms. The van der Waals surface area contributed by atoms with Gasteiger partial charge in [-0.15, -0.1) is 0 Å². The van der Waals surface area contributed by atoms with E-state index in [4.69, 9.17) is 5.73 Å². The number of rotatable bonds is 1. The van der Waals surface area contributed by atoms with Crippen LogP contribution in [0.5, 0.6) is 0 Å². The zero-order valence-electron chi connectivity index (χ0n) is 10.2. The van der Waals surface area contributed by atoms with Crippen molar-refractivity contribution >= 4 is 11.9 Å². The van der Waals surface area contributed by atoms with Crippen LogP contribution in [0, 0.1) is 5.92 Å². The third-order valence-corrected chi connectivity index (χ3v) is 3.72. The summed E-state index contributed by atoms with van der Waals surface area (Å²) in [5.74, 6) is -0.432. The molecule has 2 heterocycles. The average Bonchev–Trinajstić information content (AvgIpc) is 2.39. The van der Waals surface area contributed by atoms with Crippen LogP contribution in [0.3, 0.4) is 0 Å². The molecule has 0 saturated carbocycles. The predicted molar refractivity (Wildman–Crippen MR) is 64.3 cm³/mol. The first-order chi connectivity index (χ1) is 8.18.